The molecule has 0 N–H and O–H groups in total. The van der Waals surface area contributed by atoms with Crippen molar-refractivity contribution >= 4 is 5.78 Å². The molecule has 0 amide bonds. The number of oxazole rings is 1. The molecule has 0 fully saturated rings. The lowest BCUT2D eigenvalue weighted by Gasteiger charge is -2.03. The zero-order valence-corrected chi connectivity index (χ0v) is 15.8. The SMILES string of the molecule is Cc1ccc(-c2nc(COCC(=O)CCCc3cccnc3)c(C)o2)cc1. The van der Waals surface area contributed by atoms with Gasteiger partial charge in [0, 0.05) is 24.4 Å². The molecule has 0 aliphatic rings. The summed E-state index contributed by atoms with van der Waals surface area (Å²) in [5.74, 6) is 1.39. The maximum atomic E-state index is 12.0. The van der Waals surface area contributed by atoms with Crippen molar-refractivity contribution in [2.45, 2.75) is 39.7 Å². The number of hydrogen-bond acceptors (Lipinski definition) is 5. The van der Waals surface area contributed by atoms with Gasteiger partial charge in [-0.15, -0.1) is 0 Å². The summed E-state index contributed by atoms with van der Waals surface area (Å²) in [6.07, 6.45) is 5.73. The topological polar surface area (TPSA) is 65.2 Å². The second-order valence-corrected chi connectivity index (χ2v) is 6.63. The van der Waals surface area contributed by atoms with E-state index in [0.29, 0.717) is 12.3 Å². The van der Waals surface area contributed by atoms with Crippen LogP contribution in [0, 0.1) is 13.8 Å². The van der Waals surface area contributed by atoms with Gasteiger partial charge in [-0.1, -0.05) is 23.8 Å². The molecule has 27 heavy (non-hydrogen) atoms. The van der Waals surface area contributed by atoms with E-state index in [0.717, 1.165) is 35.4 Å². The molecule has 1 aromatic carbocycles. The number of carbonyl (C=O) groups excluding carboxylic acids is 1. The first-order chi connectivity index (χ1) is 13.1. The summed E-state index contributed by atoms with van der Waals surface area (Å²) in [5.41, 5.74) is 4.00. The van der Waals surface area contributed by atoms with Crippen molar-refractivity contribution in [3.8, 4) is 11.5 Å². The fourth-order valence-corrected chi connectivity index (χ4v) is 2.75. The Morgan fingerprint density at radius 1 is 1.15 bits per heavy atom. The molecule has 5 heteroatoms. The van der Waals surface area contributed by atoms with Crippen LogP contribution in [0.4, 0.5) is 0 Å². The Balaban J connectivity index is 1.43. The molecule has 2 aromatic heterocycles. The van der Waals surface area contributed by atoms with Gasteiger partial charge in [0.1, 0.15) is 18.1 Å². The van der Waals surface area contributed by atoms with Crippen LogP contribution in [0.5, 0.6) is 0 Å². The van der Waals surface area contributed by atoms with Crippen molar-refractivity contribution in [3.63, 3.8) is 0 Å². The first-order valence-corrected chi connectivity index (χ1v) is 9.13. The molecular formula is C22H24N2O3. The smallest absolute Gasteiger partial charge is 0.226 e. The van der Waals surface area contributed by atoms with Crippen molar-refractivity contribution in [3.05, 3.63) is 71.4 Å². The Bertz CT molecular complexity index is 870. The molecule has 0 radical (unpaired) electrons. The van der Waals surface area contributed by atoms with Crippen LogP contribution in [0.2, 0.25) is 0 Å². The predicted octanol–water partition coefficient (Wildman–Crippen LogP) is 4.46. The number of hydrogen-bond donors (Lipinski definition) is 0. The van der Waals surface area contributed by atoms with Gasteiger partial charge in [-0.2, -0.15) is 0 Å². The third-order valence-corrected chi connectivity index (χ3v) is 4.34. The Morgan fingerprint density at radius 2 is 1.96 bits per heavy atom. The minimum atomic E-state index is 0.0961. The van der Waals surface area contributed by atoms with Gasteiger partial charge in [0.15, 0.2) is 5.78 Å². The molecule has 0 atom stereocenters. The molecule has 0 spiro atoms. The van der Waals surface area contributed by atoms with Gasteiger partial charge < -0.3 is 9.15 Å². The van der Waals surface area contributed by atoms with Crippen molar-refractivity contribution in [2.75, 3.05) is 6.61 Å². The van der Waals surface area contributed by atoms with Crippen LogP contribution in [0.1, 0.15) is 35.4 Å². The molecule has 0 saturated heterocycles. The van der Waals surface area contributed by atoms with Gasteiger partial charge in [0.05, 0.1) is 6.61 Å². The zero-order chi connectivity index (χ0) is 19.1. The van der Waals surface area contributed by atoms with Crippen molar-refractivity contribution in [2.24, 2.45) is 0 Å². The lowest BCUT2D eigenvalue weighted by Crippen LogP contribution is -2.09. The maximum Gasteiger partial charge on any atom is 0.226 e. The first kappa shape index (κ1) is 19.0. The van der Waals surface area contributed by atoms with E-state index in [4.69, 9.17) is 9.15 Å². The van der Waals surface area contributed by atoms with Crippen molar-refractivity contribution in [1.82, 2.24) is 9.97 Å². The Morgan fingerprint density at radius 3 is 2.70 bits per heavy atom. The Labute approximate surface area is 159 Å². The van der Waals surface area contributed by atoms with Gasteiger partial charge in [0.25, 0.3) is 0 Å². The number of benzene rings is 1. The summed E-state index contributed by atoms with van der Waals surface area (Å²) < 4.78 is 11.3. The minimum absolute atomic E-state index is 0.0961. The van der Waals surface area contributed by atoms with E-state index >= 15 is 0 Å². The number of aryl methyl sites for hydroxylation is 3. The van der Waals surface area contributed by atoms with Crippen LogP contribution >= 0.6 is 0 Å². The molecule has 3 rings (SSSR count). The van der Waals surface area contributed by atoms with Crippen LogP contribution in [0.15, 0.2) is 53.2 Å². The number of nitrogens with zero attached hydrogens (tertiary/aromatic N) is 2. The highest BCUT2D eigenvalue weighted by molar-refractivity contribution is 5.79. The van der Waals surface area contributed by atoms with E-state index in [9.17, 15) is 4.79 Å². The molecule has 0 aliphatic heterocycles. The molecular weight excluding hydrogens is 340 g/mol. The van der Waals surface area contributed by atoms with Gasteiger partial charge in [-0.25, -0.2) is 4.98 Å². The van der Waals surface area contributed by atoms with E-state index in [2.05, 4.69) is 9.97 Å². The normalized spacial score (nSPS) is 10.9. The number of Topliss-reactive ketones (excluding diaryl/α,β-unsaturated/α-hetero) is 1. The summed E-state index contributed by atoms with van der Waals surface area (Å²) in [6.45, 7) is 4.27. The van der Waals surface area contributed by atoms with E-state index < -0.39 is 0 Å². The molecule has 5 nitrogen and oxygen atoms in total. The van der Waals surface area contributed by atoms with Gasteiger partial charge >= 0.3 is 0 Å². The quantitative estimate of drug-likeness (QED) is 0.561. The van der Waals surface area contributed by atoms with Crippen LogP contribution in [-0.2, 0) is 22.6 Å². The Hall–Kier alpha value is -2.79. The summed E-state index contributed by atoms with van der Waals surface area (Å²) in [6, 6.07) is 11.9. The third-order valence-electron chi connectivity index (χ3n) is 4.34. The van der Waals surface area contributed by atoms with Crippen LogP contribution < -0.4 is 0 Å². The summed E-state index contributed by atoms with van der Waals surface area (Å²) in [5, 5.41) is 0. The maximum absolute atomic E-state index is 12.0. The lowest BCUT2D eigenvalue weighted by atomic mass is 10.1. The molecule has 2 heterocycles. The first-order valence-electron chi connectivity index (χ1n) is 9.13. The molecule has 0 saturated carbocycles. The molecule has 3 aromatic rings. The van der Waals surface area contributed by atoms with Gasteiger partial charge in [-0.3, -0.25) is 9.78 Å². The monoisotopic (exact) mass is 364 g/mol. The van der Waals surface area contributed by atoms with Crippen molar-refractivity contribution in [1.29, 1.82) is 0 Å². The summed E-state index contributed by atoms with van der Waals surface area (Å²) >= 11 is 0. The Kier molecular flexibility index (Phi) is 6.49. The van der Waals surface area contributed by atoms with E-state index in [1.54, 1.807) is 6.20 Å². The van der Waals surface area contributed by atoms with Crippen LogP contribution in [0.3, 0.4) is 0 Å². The fourth-order valence-electron chi connectivity index (χ4n) is 2.75. The van der Waals surface area contributed by atoms with E-state index in [-0.39, 0.29) is 19.0 Å². The predicted molar refractivity (Wildman–Crippen MR) is 103 cm³/mol. The largest absolute Gasteiger partial charge is 0.441 e. The average Bonchev–Trinajstić information content (AvgIpc) is 3.04. The standard InChI is InChI=1S/C22H24N2O3/c1-16-8-10-19(11-9-16)22-24-21(17(2)27-22)15-26-14-20(25)7-3-5-18-6-4-12-23-13-18/h4,6,8-13H,3,5,7,14-15H2,1-2H3. The highest BCUT2D eigenvalue weighted by atomic mass is 16.5. The minimum Gasteiger partial charge on any atom is -0.441 e. The number of ether oxygens (including phenoxy) is 1. The second-order valence-electron chi connectivity index (χ2n) is 6.63. The van der Waals surface area contributed by atoms with E-state index in [1.807, 2.05) is 56.4 Å². The lowest BCUT2D eigenvalue weighted by molar-refractivity contribution is -0.124. The average molecular weight is 364 g/mol. The highest BCUT2D eigenvalue weighted by Crippen LogP contribution is 2.22. The van der Waals surface area contributed by atoms with Crippen LogP contribution in [-0.4, -0.2) is 22.4 Å². The number of pyridine rings is 1. The number of rotatable bonds is 9. The molecule has 140 valence electrons. The van der Waals surface area contributed by atoms with Crippen LogP contribution in [0.25, 0.3) is 11.5 Å². The second kappa shape index (κ2) is 9.24. The number of carbonyl (C=O) groups is 1. The molecule has 0 aliphatic carbocycles. The van der Waals surface area contributed by atoms with E-state index in [1.165, 1.54) is 5.56 Å². The highest BCUT2D eigenvalue weighted by Gasteiger charge is 2.12. The van der Waals surface area contributed by atoms with Gasteiger partial charge in [0.2, 0.25) is 5.89 Å². The number of ketones is 1. The van der Waals surface area contributed by atoms with Gasteiger partial charge in [-0.05, 0) is 50.5 Å². The molecule has 0 unspecified atom stereocenters. The molecule has 0 bridgehead atoms. The number of aromatic nitrogens is 2. The fraction of sp³-hybridized carbons (Fsp3) is 0.318. The summed E-state index contributed by atoms with van der Waals surface area (Å²) in [7, 11) is 0. The van der Waals surface area contributed by atoms with Crippen molar-refractivity contribution < 1.29 is 13.9 Å². The third kappa shape index (κ3) is 5.59. The summed E-state index contributed by atoms with van der Waals surface area (Å²) in [4.78, 5) is 20.6. The zero-order valence-electron chi connectivity index (χ0n) is 15.8.